The van der Waals surface area contributed by atoms with Crippen molar-refractivity contribution >= 4 is 10.8 Å². The highest BCUT2D eigenvalue weighted by molar-refractivity contribution is 5.85. The molecule has 0 fully saturated rings. The van der Waals surface area contributed by atoms with Crippen LogP contribution in [0.1, 0.15) is 29.5 Å². The summed E-state index contributed by atoms with van der Waals surface area (Å²) in [5, 5.41) is 2.61. The van der Waals surface area contributed by atoms with Gasteiger partial charge in [-0.3, -0.25) is 0 Å². The van der Waals surface area contributed by atoms with Crippen LogP contribution in [0.5, 0.6) is 5.75 Å². The third-order valence-electron chi connectivity index (χ3n) is 4.62. The van der Waals surface area contributed by atoms with Crippen LogP contribution in [0.15, 0.2) is 60.7 Å². The van der Waals surface area contributed by atoms with Crippen LogP contribution in [0, 0.1) is 6.92 Å². The van der Waals surface area contributed by atoms with Gasteiger partial charge in [0.2, 0.25) is 0 Å². The fourth-order valence-corrected chi connectivity index (χ4v) is 3.42. The summed E-state index contributed by atoms with van der Waals surface area (Å²) >= 11 is 0. The molecule has 1 unspecified atom stereocenters. The summed E-state index contributed by atoms with van der Waals surface area (Å²) in [4.78, 5) is 0. The summed E-state index contributed by atoms with van der Waals surface area (Å²) in [6.45, 7) is 5.48. The number of hydrogen-bond donors (Lipinski definition) is 1. The van der Waals surface area contributed by atoms with E-state index in [1.54, 1.807) is 0 Å². The highest BCUT2D eigenvalue weighted by atomic mass is 16.5. The lowest BCUT2D eigenvalue weighted by Gasteiger charge is -2.19. The Hall–Kier alpha value is -2.32. The Labute approximate surface area is 144 Å². The van der Waals surface area contributed by atoms with E-state index in [9.17, 15) is 0 Å². The molecule has 24 heavy (non-hydrogen) atoms. The largest absolute Gasteiger partial charge is 0.494 e. The molecular formula is C22H25NO. The molecule has 1 atom stereocenters. The summed E-state index contributed by atoms with van der Waals surface area (Å²) in [7, 11) is 0. The zero-order chi connectivity index (χ0) is 16.9. The molecule has 0 radical (unpaired) electrons. The normalized spacial score (nSPS) is 12.3. The van der Waals surface area contributed by atoms with E-state index >= 15 is 0 Å². The monoisotopic (exact) mass is 319 g/mol. The van der Waals surface area contributed by atoms with Gasteiger partial charge in [-0.05, 0) is 66.4 Å². The summed E-state index contributed by atoms with van der Waals surface area (Å²) < 4.78 is 5.60. The molecule has 0 heterocycles. The topological polar surface area (TPSA) is 35.2 Å². The molecule has 2 heteroatoms. The maximum atomic E-state index is 6.13. The van der Waals surface area contributed by atoms with Crippen molar-refractivity contribution in [1.29, 1.82) is 0 Å². The Morgan fingerprint density at radius 3 is 2.54 bits per heavy atom. The molecule has 0 aliphatic carbocycles. The second-order valence-electron chi connectivity index (χ2n) is 6.23. The van der Waals surface area contributed by atoms with Gasteiger partial charge in [-0.25, -0.2) is 0 Å². The van der Waals surface area contributed by atoms with Crippen molar-refractivity contribution in [1.82, 2.24) is 0 Å². The standard InChI is InChI=1S/C22H25NO/c1-3-24-20-11-12-21(16(2)13-20)19(15-23)14-18-9-6-8-17-7-4-5-10-22(17)18/h4-13,19H,3,14-15,23H2,1-2H3. The zero-order valence-corrected chi connectivity index (χ0v) is 14.5. The average Bonchev–Trinajstić information content (AvgIpc) is 2.61. The molecular weight excluding hydrogens is 294 g/mol. The van der Waals surface area contributed by atoms with Gasteiger partial charge in [0.05, 0.1) is 6.61 Å². The number of aryl methyl sites for hydroxylation is 1. The molecule has 0 aliphatic heterocycles. The molecule has 3 aromatic carbocycles. The number of benzene rings is 3. The number of fused-ring (bicyclic) bond motifs is 1. The number of hydrogen-bond acceptors (Lipinski definition) is 2. The van der Waals surface area contributed by atoms with Crippen LogP contribution >= 0.6 is 0 Å². The van der Waals surface area contributed by atoms with Gasteiger partial charge in [-0.1, -0.05) is 48.5 Å². The molecule has 0 spiro atoms. The molecule has 0 saturated heterocycles. The molecule has 3 aromatic rings. The number of rotatable bonds is 6. The molecule has 0 aliphatic rings. The summed E-state index contributed by atoms with van der Waals surface area (Å²) in [6, 6.07) is 21.4. The van der Waals surface area contributed by atoms with Gasteiger partial charge in [0, 0.05) is 5.92 Å². The number of nitrogens with two attached hydrogens (primary N) is 1. The van der Waals surface area contributed by atoms with Crippen LogP contribution in [-0.2, 0) is 6.42 Å². The van der Waals surface area contributed by atoms with Crippen molar-refractivity contribution in [3.63, 3.8) is 0 Å². The predicted molar refractivity (Wildman–Crippen MR) is 102 cm³/mol. The lowest BCUT2D eigenvalue weighted by molar-refractivity contribution is 0.340. The molecule has 2 nitrogen and oxygen atoms in total. The maximum Gasteiger partial charge on any atom is 0.119 e. The molecule has 2 N–H and O–H groups in total. The Balaban J connectivity index is 1.92. The Kier molecular flexibility index (Phi) is 5.17. The van der Waals surface area contributed by atoms with E-state index in [1.807, 2.05) is 6.92 Å². The van der Waals surface area contributed by atoms with Gasteiger partial charge in [-0.15, -0.1) is 0 Å². The van der Waals surface area contributed by atoms with Crippen LogP contribution in [-0.4, -0.2) is 13.2 Å². The van der Waals surface area contributed by atoms with E-state index in [4.69, 9.17) is 10.5 Å². The molecule has 0 aromatic heterocycles. The van der Waals surface area contributed by atoms with Gasteiger partial charge in [0.25, 0.3) is 0 Å². The van der Waals surface area contributed by atoms with Crippen molar-refractivity contribution in [2.24, 2.45) is 5.73 Å². The van der Waals surface area contributed by atoms with Gasteiger partial charge in [0.15, 0.2) is 0 Å². The van der Waals surface area contributed by atoms with E-state index in [2.05, 4.69) is 67.6 Å². The summed E-state index contributed by atoms with van der Waals surface area (Å²) in [5.41, 5.74) is 10.0. The zero-order valence-electron chi connectivity index (χ0n) is 14.5. The minimum absolute atomic E-state index is 0.312. The van der Waals surface area contributed by atoms with Crippen LogP contribution in [0.4, 0.5) is 0 Å². The molecule has 0 amide bonds. The fraction of sp³-hybridized carbons (Fsp3) is 0.273. The molecule has 3 rings (SSSR count). The van der Waals surface area contributed by atoms with Crippen LogP contribution in [0.2, 0.25) is 0 Å². The van der Waals surface area contributed by atoms with Crippen molar-refractivity contribution < 1.29 is 4.74 Å². The maximum absolute atomic E-state index is 6.13. The first-order valence-electron chi connectivity index (χ1n) is 8.63. The highest BCUT2D eigenvalue weighted by Crippen LogP contribution is 2.29. The van der Waals surface area contributed by atoms with Crippen molar-refractivity contribution in [3.8, 4) is 5.75 Å². The molecule has 0 saturated carbocycles. The van der Waals surface area contributed by atoms with Gasteiger partial charge < -0.3 is 10.5 Å². The van der Waals surface area contributed by atoms with Crippen molar-refractivity contribution in [2.75, 3.05) is 13.2 Å². The van der Waals surface area contributed by atoms with Gasteiger partial charge in [-0.2, -0.15) is 0 Å². The van der Waals surface area contributed by atoms with Crippen molar-refractivity contribution in [3.05, 3.63) is 77.4 Å². The molecule has 124 valence electrons. The lowest BCUT2D eigenvalue weighted by atomic mass is 9.87. The van der Waals surface area contributed by atoms with Crippen molar-refractivity contribution in [2.45, 2.75) is 26.2 Å². The smallest absolute Gasteiger partial charge is 0.119 e. The Morgan fingerprint density at radius 2 is 1.79 bits per heavy atom. The van der Waals surface area contributed by atoms with E-state index in [0.717, 1.165) is 12.2 Å². The predicted octanol–water partition coefficient (Wildman–Crippen LogP) is 4.83. The van der Waals surface area contributed by atoms with Gasteiger partial charge in [0.1, 0.15) is 5.75 Å². The summed E-state index contributed by atoms with van der Waals surface area (Å²) in [5.74, 6) is 1.24. The first-order valence-corrected chi connectivity index (χ1v) is 8.63. The molecule has 0 bridgehead atoms. The quantitative estimate of drug-likeness (QED) is 0.706. The second kappa shape index (κ2) is 7.50. The third kappa shape index (κ3) is 3.44. The third-order valence-corrected chi connectivity index (χ3v) is 4.62. The summed E-state index contributed by atoms with van der Waals surface area (Å²) in [6.07, 6.45) is 0.951. The van der Waals surface area contributed by atoms with E-state index in [1.165, 1.54) is 27.5 Å². The Morgan fingerprint density at radius 1 is 1.00 bits per heavy atom. The average molecular weight is 319 g/mol. The van der Waals surface area contributed by atoms with Crippen LogP contribution < -0.4 is 10.5 Å². The lowest BCUT2D eigenvalue weighted by Crippen LogP contribution is -2.16. The second-order valence-corrected chi connectivity index (χ2v) is 6.23. The van der Waals surface area contributed by atoms with Crippen LogP contribution in [0.25, 0.3) is 10.8 Å². The van der Waals surface area contributed by atoms with Gasteiger partial charge >= 0.3 is 0 Å². The minimum atomic E-state index is 0.312. The highest BCUT2D eigenvalue weighted by Gasteiger charge is 2.15. The fourth-order valence-electron chi connectivity index (χ4n) is 3.42. The van der Waals surface area contributed by atoms with Crippen LogP contribution in [0.3, 0.4) is 0 Å². The SMILES string of the molecule is CCOc1ccc(C(CN)Cc2cccc3ccccc23)c(C)c1. The number of ether oxygens (including phenoxy) is 1. The van der Waals surface area contributed by atoms with E-state index in [-0.39, 0.29) is 0 Å². The Bertz CT molecular complexity index is 820. The first kappa shape index (κ1) is 16.5. The van der Waals surface area contributed by atoms with E-state index in [0.29, 0.717) is 19.1 Å². The minimum Gasteiger partial charge on any atom is -0.494 e. The first-order chi connectivity index (χ1) is 11.7. The van der Waals surface area contributed by atoms with E-state index < -0.39 is 0 Å².